The second-order valence-corrected chi connectivity index (χ2v) is 7.18. The maximum Gasteiger partial charge on any atom is 0.251 e. The number of carbonyl (C=O) groups excluding carboxylic acids is 1. The van der Waals surface area contributed by atoms with Gasteiger partial charge in [0, 0.05) is 17.8 Å². The van der Waals surface area contributed by atoms with Crippen molar-refractivity contribution in [2.75, 3.05) is 0 Å². The minimum absolute atomic E-state index is 0.0257. The van der Waals surface area contributed by atoms with E-state index in [4.69, 9.17) is 0 Å². The van der Waals surface area contributed by atoms with E-state index in [1.165, 1.54) is 30.7 Å². The number of aromatic nitrogens is 2. The summed E-state index contributed by atoms with van der Waals surface area (Å²) in [4.78, 5) is 31.5. The number of nitrogens with one attached hydrogen (secondary N) is 2. The maximum atomic E-state index is 12.8. The molecule has 1 saturated carbocycles. The van der Waals surface area contributed by atoms with Crippen LogP contribution in [-0.4, -0.2) is 21.9 Å². The highest BCUT2D eigenvalue weighted by molar-refractivity contribution is 8.00. The third-order valence-electron chi connectivity index (χ3n) is 4.12. The number of hydrogen-bond donors (Lipinski definition) is 2. The molecule has 1 aromatic carbocycles. The van der Waals surface area contributed by atoms with Crippen LogP contribution in [-0.2, 0) is 4.79 Å². The van der Waals surface area contributed by atoms with Gasteiger partial charge >= 0.3 is 0 Å². The molecule has 1 aromatic heterocycles. The van der Waals surface area contributed by atoms with E-state index < -0.39 is 5.25 Å². The molecular weight excluding hydrogens is 322 g/mol. The minimum atomic E-state index is -0.434. The Kier molecular flexibility index (Phi) is 5.35. The molecule has 2 N–H and O–H groups in total. The number of H-pyrrole nitrogens is 1. The molecule has 0 unspecified atom stereocenters. The zero-order valence-electron chi connectivity index (χ0n) is 13.6. The van der Waals surface area contributed by atoms with E-state index >= 15 is 0 Å². The molecule has 0 spiro atoms. The zero-order valence-corrected chi connectivity index (χ0v) is 14.4. The van der Waals surface area contributed by atoms with E-state index in [1.54, 1.807) is 6.92 Å². The quantitative estimate of drug-likeness (QED) is 0.646. The molecule has 1 fully saturated rings. The fraction of sp³-hybridized carbons (Fsp3) is 0.389. The van der Waals surface area contributed by atoms with E-state index in [-0.39, 0.29) is 17.5 Å². The first-order chi connectivity index (χ1) is 11.6. The Hall–Kier alpha value is -2.08. The van der Waals surface area contributed by atoms with Gasteiger partial charge in [-0.15, -0.1) is 0 Å². The number of amides is 1. The zero-order chi connectivity index (χ0) is 16.9. The number of benzene rings is 1. The van der Waals surface area contributed by atoms with Gasteiger partial charge in [-0.25, -0.2) is 4.98 Å². The van der Waals surface area contributed by atoms with Gasteiger partial charge in [0.25, 0.3) is 5.56 Å². The molecule has 6 heteroatoms. The fourth-order valence-electron chi connectivity index (χ4n) is 2.97. The molecule has 2 aromatic rings. The highest BCUT2D eigenvalue weighted by Gasteiger charge is 2.26. The van der Waals surface area contributed by atoms with Crippen molar-refractivity contribution in [3.05, 3.63) is 58.0 Å². The predicted octanol–water partition coefficient (Wildman–Crippen LogP) is 2.97. The molecule has 5 nitrogen and oxygen atoms in total. The molecule has 1 amide bonds. The van der Waals surface area contributed by atoms with Crippen LogP contribution < -0.4 is 10.9 Å². The Labute approximate surface area is 145 Å². The number of rotatable bonds is 5. The van der Waals surface area contributed by atoms with Crippen LogP contribution in [0.5, 0.6) is 0 Å². The van der Waals surface area contributed by atoms with E-state index in [9.17, 15) is 9.59 Å². The number of aryl methyl sites for hydroxylation is 1. The summed E-state index contributed by atoms with van der Waals surface area (Å²) >= 11 is 1.28. The van der Waals surface area contributed by atoms with Gasteiger partial charge < -0.3 is 10.3 Å². The van der Waals surface area contributed by atoms with Crippen LogP contribution in [0.4, 0.5) is 0 Å². The number of thioether (sulfide) groups is 1. The fourth-order valence-corrected chi connectivity index (χ4v) is 4.01. The molecular formula is C18H21N3O2S. The second-order valence-electron chi connectivity index (χ2n) is 6.09. The van der Waals surface area contributed by atoms with E-state index in [2.05, 4.69) is 15.3 Å². The van der Waals surface area contributed by atoms with Gasteiger partial charge in [0.2, 0.25) is 5.91 Å². The molecule has 24 heavy (non-hydrogen) atoms. The van der Waals surface area contributed by atoms with Crippen molar-refractivity contribution >= 4 is 17.7 Å². The first-order valence-corrected chi connectivity index (χ1v) is 9.10. The molecule has 1 heterocycles. The molecule has 0 aliphatic heterocycles. The molecule has 1 aliphatic rings. The van der Waals surface area contributed by atoms with Crippen LogP contribution in [0.2, 0.25) is 0 Å². The highest BCUT2D eigenvalue weighted by atomic mass is 32.2. The van der Waals surface area contributed by atoms with Crippen molar-refractivity contribution in [3.63, 3.8) is 0 Å². The van der Waals surface area contributed by atoms with Crippen LogP contribution in [0, 0.1) is 6.92 Å². The number of nitrogens with zero attached hydrogens (tertiary/aromatic N) is 1. The maximum absolute atomic E-state index is 12.8. The lowest BCUT2D eigenvalue weighted by Crippen LogP contribution is -2.35. The smallest absolute Gasteiger partial charge is 0.251 e. The summed E-state index contributed by atoms with van der Waals surface area (Å²) < 4.78 is 0. The SMILES string of the molecule is Cc1cc(=O)[nH]c(S[C@@H](C(=O)NC2CCCC2)c2ccccc2)n1. The number of aromatic amines is 1. The van der Waals surface area contributed by atoms with Crippen LogP contribution in [0.1, 0.15) is 42.2 Å². The summed E-state index contributed by atoms with van der Waals surface area (Å²) in [6.45, 7) is 1.77. The Balaban J connectivity index is 1.84. The largest absolute Gasteiger partial charge is 0.352 e. The molecule has 126 valence electrons. The third-order valence-corrected chi connectivity index (χ3v) is 5.26. The van der Waals surface area contributed by atoms with Crippen molar-refractivity contribution in [1.82, 2.24) is 15.3 Å². The Morgan fingerprint density at radius 1 is 1.29 bits per heavy atom. The van der Waals surface area contributed by atoms with Gasteiger partial charge in [-0.2, -0.15) is 0 Å². The summed E-state index contributed by atoms with van der Waals surface area (Å²) in [5, 5.41) is 3.18. The highest BCUT2D eigenvalue weighted by Crippen LogP contribution is 2.33. The van der Waals surface area contributed by atoms with Crippen molar-refractivity contribution in [2.45, 2.75) is 49.1 Å². The van der Waals surface area contributed by atoms with Crippen LogP contribution >= 0.6 is 11.8 Å². The second kappa shape index (κ2) is 7.66. The predicted molar refractivity (Wildman–Crippen MR) is 95.0 cm³/mol. The van der Waals surface area contributed by atoms with Crippen LogP contribution in [0.25, 0.3) is 0 Å². The summed E-state index contributed by atoms with van der Waals surface area (Å²) in [5.74, 6) is -0.0257. The average molecular weight is 343 g/mol. The Morgan fingerprint density at radius 3 is 2.67 bits per heavy atom. The summed E-state index contributed by atoms with van der Waals surface area (Å²) in [7, 11) is 0. The van der Waals surface area contributed by atoms with Gasteiger partial charge in [-0.3, -0.25) is 9.59 Å². The van der Waals surface area contributed by atoms with Gasteiger partial charge in [0.1, 0.15) is 5.25 Å². The monoisotopic (exact) mass is 343 g/mol. The molecule has 3 rings (SSSR count). The van der Waals surface area contributed by atoms with Crippen molar-refractivity contribution < 1.29 is 4.79 Å². The van der Waals surface area contributed by atoms with Gasteiger partial charge in [0.15, 0.2) is 5.16 Å². The summed E-state index contributed by atoms with van der Waals surface area (Å²) in [6.07, 6.45) is 4.41. The first kappa shape index (κ1) is 16.8. The Morgan fingerprint density at radius 2 is 2.00 bits per heavy atom. The average Bonchev–Trinajstić information content (AvgIpc) is 3.05. The topological polar surface area (TPSA) is 74.8 Å². The normalized spacial score (nSPS) is 16.0. The number of hydrogen-bond acceptors (Lipinski definition) is 4. The van der Waals surface area contributed by atoms with Crippen LogP contribution in [0.3, 0.4) is 0 Å². The molecule has 0 radical (unpaired) electrons. The minimum Gasteiger partial charge on any atom is -0.352 e. The van der Waals surface area contributed by atoms with Gasteiger partial charge in [-0.1, -0.05) is 54.9 Å². The number of carbonyl (C=O) groups is 1. The molecule has 0 bridgehead atoms. The van der Waals surface area contributed by atoms with Crippen molar-refractivity contribution in [3.8, 4) is 0 Å². The molecule has 1 atom stereocenters. The Bertz CT molecular complexity index is 754. The van der Waals surface area contributed by atoms with Crippen molar-refractivity contribution in [2.24, 2.45) is 0 Å². The van der Waals surface area contributed by atoms with Crippen molar-refractivity contribution in [1.29, 1.82) is 0 Å². The van der Waals surface area contributed by atoms with Gasteiger partial charge in [-0.05, 0) is 25.3 Å². The van der Waals surface area contributed by atoms with E-state index in [1.807, 2.05) is 30.3 Å². The van der Waals surface area contributed by atoms with Gasteiger partial charge in [0.05, 0.1) is 0 Å². The van der Waals surface area contributed by atoms with E-state index in [0.717, 1.165) is 18.4 Å². The lowest BCUT2D eigenvalue weighted by Gasteiger charge is -2.19. The molecule has 0 saturated heterocycles. The lowest BCUT2D eigenvalue weighted by atomic mass is 10.1. The lowest BCUT2D eigenvalue weighted by molar-refractivity contribution is -0.121. The molecule has 1 aliphatic carbocycles. The van der Waals surface area contributed by atoms with Crippen LogP contribution in [0.15, 0.2) is 46.3 Å². The van der Waals surface area contributed by atoms with E-state index in [0.29, 0.717) is 10.9 Å². The summed E-state index contributed by atoms with van der Waals surface area (Å²) in [5.41, 5.74) is 1.35. The standard InChI is InChI=1S/C18H21N3O2S/c1-12-11-15(22)21-18(19-12)24-16(13-7-3-2-4-8-13)17(23)20-14-9-5-6-10-14/h2-4,7-8,11,14,16H,5-6,9-10H2,1H3,(H,20,23)(H,19,21,22)/t16-/m1/s1. The third kappa shape index (κ3) is 4.26. The summed E-state index contributed by atoms with van der Waals surface area (Å²) in [6, 6.07) is 11.3. The first-order valence-electron chi connectivity index (χ1n) is 8.22.